The average molecular weight is 401 g/mol. The van der Waals surface area contributed by atoms with E-state index in [1.54, 1.807) is 23.4 Å². The lowest BCUT2D eigenvalue weighted by Crippen LogP contribution is -2.48. The minimum absolute atomic E-state index is 0. The Kier molecular flexibility index (Phi) is 6.10. The third-order valence-electron chi connectivity index (χ3n) is 3.73. The molecular formula is C16H16BrClFN3O. The Balaban J connectivity index is 0.00000192. The topological polar surface area (TPSA) is 45.2 Å². The van der Waals surface area contributed by atoms with Crippen molar-refractivity contribution in [1.82, 2.24) is 15.2 Å². The van der Waals surface area contributed by atoms with Gasteiger partial charge in [0.25, 0.3) is 5.91 Å². The van der Waals surface area contributed by atoms with E-state index in [-0.39, 0.29) is 24.4 Å². The number of nitrogens with zero attached hydrogens (tertiary/aromatic N) is 2. The normalized spacial score (nSPS) is 17.5. The highest BCUT2D eigenvalue weighted by atomic mass is 79.9. The van der Waals surface area contributed by atoms with E-state index in [1.807, 2.05) is 12.1 Å². The van der Waals surface area contributed by atoms with Gasteiger partial charge in [-0.2, -0.15) is 0 Å². The molecule has 0 radical (unpaired) electrons. The number of nitrogens with one attached hydrogen (secondary N) is 1. The molecule has 1 unspecified atom stereocenters. The highest BCUT2D eigenvalue weighted by Gasteiger charge is 2.29. The molecule has 0 spiro atoms. The fourth-order valence-electron chi connectivity index (χ4n) is 2.63. The molecule has 1 aliphatic rings. The third-order valence-corrected chi connectivity index (χ3v) is 4.42. The van der Waals surface area contributed by atoms with Crippen LogP contribution in [0.15, 0.2) is 47.2 Å². The van der Waals surface area contributed by atoms with Gasteiger partial charge >= 0.3 is 0 Å². The minimum Gasteiger partial charge on any atom is -0.329 e. The van der Waals surface area contributed by atoms with E-state index >= 15 is 0 Å². The van der Waals surface area contributed by atoms with Crippen molar-refractivity contribution in [1.29, 1.82) is 0 Å². The molecule has 1 N–H and O–H groups in total. The first-order chi connectivity index (χ1) is 10.7. The molecule has 1 fully saturated rings. The van der Waals surface area contributed by atoms with E-state index in [0.29, 0.717) is 23.1 Å². The molecule has 1 aromatic carbocycles. The van der Waals surface area contributed by atoms with Crippen LogP contribution in [0.3, 0.4) is 0 Å². The van der Waals surface area contributed by atoms with Crippen LogP contribution in [0.1, 0.15) is 22.0 Å². The van der Waals surface area contributed by atoms with Crippen molar-refractivity contribution in [3.05, 3.63) is 64.1 Å². The summed E-state index contributed by atoms with van der Waals surface area (Å²) in [7, 11) is 0. The standard InChI is InChI=1S/C16H15BrFN3O.ClH/c17-14-4-3-12(18)8-13(14)16(22)21-7-6-20-10-15(21)11-2-1-5-19-9-11;/h1-5,8-9,15,20H,6-7,10H2;1H. The predicted molar refractivity (Wildman–Crippen MR) is 92.2 cm³/mol. The summed E-state index contributed by atoms with van der Waals surface area (Å²) >= 11 is 3.33. The van der Waals surface area contributed by atoms with Gasteiger partial charge in [0.1, 0.15) is 5.82 Å². The van der Waals surface area contributed by atoms with E-state index in [1.165, 1.54) is 12.1 Å². The van der Waals surface area contributed by atoms with Gasteiger partial charge in [0.2, 0.25) is 0 Å². The van der Waals surface area contributed by atoms with Crippen LogP contribution in [-0.4, -0.2) is 35.4 Å². The molecule has 1 amide bonds. The van der Waals surface area contributed by atoms with Crippen LogP contribution in [0.2, 0.25) is 0 Å². The Labute approximate surface area is 148 Å². The monoisotopic (exact) mass is 399 g/mol. The van der Waals surface area contributed by atoms with Crippen LogP contribution in [0.25, 0.3) is 0 Å². The molecule has 2 aromatic rings. The SMILES string of the molecule is Cl.O=C(c1cc(F)ccc1Br)N1CCNCC1c1cccnc1. The zero-order valence-corrected chi connectivity index (χ0v) is 14.6. The van der Waals surface area contributed by atoms with Gasteiger partial charge in [0, 0.05) is 36.5 Å². The van der Waals surface area contributed by atoms with Crippen LogP contribution in [0.5, 0.6) is 0 Å². The van der Waals surface area contributed by atoms with E-state index in [4.69, 9.17) is 0 Å². The molecule has 4 nitrogen and oxygen atoms in total. The molecule has 3 rings (SSSR count). The highest BCUT2D eigenvalue weighted by Crippen LogP contribution is 2.26. The highest BCUT2D eigenvalue weighted by molar-refractivity contribution is 9.10. The Morgan fingerprint density at radius 2 is 2.22 bits per heavy atom. The second-order valence-electron chi connectivity index (χ2n) is 5.13. The average Bonchev–Trinajstić information content (AvgIpc) is 2.57. The number of aromatic nitrogens is 1. The van der Waals surface area contributed by atoms with Crippen molar-refractivity contribution in [3.63, 3.8) is 0 Å². The number of hydrogen-bond acceptors (Lipinski definition) is 3. The number of hydrogen-bond donors (Lipinski definition) is 1. The first kappa shape index (κ1) is 17.8. The molecular weight excluding hydrogens is 385 g/mol. The maximum absolute atomic E-state index is 13.5. The van der Waals surface area contributed by atoms with Crippen LogP contribution < -0.4 is 5.32 Å². The quantitative estimate of drug-likeness (QED) is 0.842. The lowest BCUT2D eigenvalue weighted by molar-refractivity contribution is 0.0632. The van der Waals surface area contributed by atoms with E-state index in [0.717, 1.165) is 12.1 Å². The zero-order chi connectivity index (χ0) is 15.5. The zero-order valence-electron chi connectivity index (χ0n) is 12.2. The molecule has 122 valence electrons. The van der Waals surface area contributed by atoms with Gasteiger partial charge in [-0.15, -0.1) is 12.4 Å². The number of amides is 1. The number of rotatable bonds is 2. The van der Waals surface area contributed by atoms with E-state index < -0.39 is 5.82 Å². The maximum atomic E-state index is 13.5. The molecule has 0 bridgehead atoms. The lowest BCUT2D eigenvalue weighted by atomic mass is 10.0. The van der Waals surface area contributed by atoms with Crippen molar-refractivity contribution >= 4 is 34.2 Å². The minimum atomic E-state index is -0.417. The Bertz CT molecular complexity index is 686. The van der Waals surface area contributed by atoms with Gasteiger partial charge < -0.3 is 10.2 Å². The van der Waals surface area contributed by atoms with Gasteiger partial charge in [0.05, 0.1) is 11.6 Å². The second-order valence-corrected chi connectivity index (χ2v) is 5.98. The van der Waals surface area contributed by atoms with Crippen LogP contribution in [-0.2, 0) is 0 Å². The molecule has 1 saturated heterocycles. The first-order valence-electron chi connectivity index (χ1n) is 7.03. The first-order valence-corrected chi connectivity index (χ1v) is 7.83. The summed E-state index contributed by atoms with van der Waals surface area (Å²) in [6.45, 7) is 1.95. The number of pyridine rings is 1. The molecule has 0 saturated carbocycles. The van der Waals surface area contributed by atoms with Crippen LogP contribution in [0, 0.1) is 5.82 Å². The molecule has 0 aliphatic carbocycles. The van der Waals surface area contributed by atoms with Crippen molar-refractivity contribution in [2.24, 2.45) is 0 Å². The summed E-state index contributed by atoms with van der Waals surface area (Å²) in [5.41, 5.74) is 1.31. The molecule has 7 heteroatoms. The van der Waals surface area contributed by atoms with Crippen molar-refractivity contribution < 1.29 is 9.18 Å². The number of piperazine rings is 1. The van der Waals surface area contributed by atoms with Crippen molar-refractivity contribution in [2.75, 3.05) is 19.6 Å². The Hall–Kier alpha value is -1.50. The van der Waals surface area contributed by atoms with Gasteiger partial charge in [-0.3, -0.25) is 9.78 Å². The maximum Gasteiger partial charge on any atom is 0.255 e. The largest absolute Gasteiger partial charge is 0.329 e. The second kappa shape index (κ2) is 7.86. The van der Waals surface area contributed by atoms with Gasteiger partial charge in [-0.1, -0.05) is 6.07 Å². The van der Waals surface area contributed by atoms with Crippen LogP contribution >= 0.6 is 28.3 Å². The van der Waals surface area contributed by atoms with Crippen LogP contribution in [0.4, 0.5) is 4.39 Å². The fraction of sp³-hybridized carbons (Fsp3) is 0.250. The van der Waals surface area contributed by atoms with E-state index in [9.17, 15) is 9.18 Å². The summed E-state index contributed by atoms with van der Waals surface area (Å²) in [5.74, 6) is -0.596. The number of benzene rings is 1. The number of carbonyl (C=O) groups excluding carboxylic acids is 1. The van der Waals surface area contributed by atoms with Gasteiger partial charge in [-0.25, -0.2) is 4.39 Å². The Morgan fingerprint density at radius 1 is 1.39 bits per heavy atom. The summed E-state index contributed by atoms with van der Waals surface area (Å²) in [6.07, 6.45) is 3.47. The number of carbonyl (C=O) groups is 1. The van der Waals surface area contributed by atoms with Gasteiger partial charge in [-0.05, 0) is 45.8 Å². The summed E-state index contributed by atoms with van der Waals surface area (Å²) in [6, 6.07) is 7.86. The molecule has 23 heavy (non-hydrogen) atoms. The van der Waals surface area contributed by atoms with Crippen molar-refractivity contribution in [3.8, 4) is 0 Å². The Morgan fingerprint density at radius 3 is 2.96 bits per heavy atom. The van der Waals surface area contributed by atoms with Crippen molar-refractivity contribution in [2.45, 2.75) is 6.04 Å². The van der Waals surface area contributed by atoms with E-state index in [2.05, 4.69) is 26.2 Å². The third kappa shape index (κ3) is 3.88. The van der Waals surface area contributed by atoms with Gasteiger partial charge in [0.15, 0.2) is 0 Å². The molecule has 2 heterocycles. The molecule has 1 aliphatic heterocycles. The fourth-order valence-corrected chi connectivity index (χ4v) is 3.05. The molecule has 1 atom stereocenters. The lowest BCUT2D eigenvalue weighted by Gasteiger charge is -2.36. The predicted octanol–water partition coefficient (Wildman–Crippen LogP) is 3.19. The smallest absolute Gasteiger partial charge is 0.255 e. The summed E-state index contributed by atoms with van der Waals surface area (Å²) in [5, 5.41) is 3.29. The summed E-state index contributed by atoms with van der Waals surface area (Å²) in [4.78, 5) is 18.7. The number of halogens is 3. The summed E-state index contributed by atoms with van der Waals surface area (Å²) < 4.78 is 14.1. The molecule has 1 aromatic heterocycles.